The number of nitrogens with zero attached hydrogens (tertiary/aromatic N) is 1. The Hall–Kier alpha value is -3.10. The Kier molecular flexibility index (Phi) is 6.24. The molecule has 2 unspecified atom stereocenters. The number of amides is 5. The van der Waals surface area contributed by atoms with Crippen LogP contribution in [0.5, 0.6) is 5.75 Å². The summed E-state index contributed by atoms with van der Waals surface area (Å²) in [6.07, 6.45) is 2.04. The fraction of sp³-hybridized carbons (Fsp3) is 0.545. The Bertz CT molecular complexity index is 900. The van der Waals surface area contributed by atoms with Gasteiger partial charge in [-0.3, -0.25) is 30.1 Å². The molecule has 3 rings (SSSR count). The molecule has 9 heteroatoms. The summed E-state index contributed by atoms with van der Waals surface area (Å²) in [4.78, 5) is 50.5. The molecule has 0 bridgehead atoms. The van der Waals surface area contributed by atoms with Gasteiger partial charge in [-0.15, -0.1) is 0 Å². The van der Waals surface area contributed by atoms with Gasteiger partial charge in [-0.25, -0.2) is 4.79 Å². The monoisotopic (exact) mass is 430 g/mol. The fourth-order valence-corrected chi connectivity index (χ4v) is 4.86. The van der Waals surface area contributed by atoms with Crippen LogP contribution in [0.25, 0.3) is 0 Å². The molecule has 168 valence electrons. The van der Waals surface area contributed by atoms with E-state index >= 15 is 0 Å². The van der Waals surface area contributed by atoms with Crippen molar-refractivity contribution >= 4 is 23.8 Å². The maximum absolute atomic E-state index is 13.0. The lowest BCUT2D eigenvalue weighted by molar-refractivity contribution is -0.138. The zero-order valence-corrected chi connectivity index (χ0v) is 18.4. The molecule has 1 heterocycles. The number of nitrogens with one attached hydrogen (secondary N) is 3. The van der Waals surface area contributed by atoms with Gasteiger partial charge < -0.3 is 10.1 Å². The van der Waals surface area contributed by atoms with Crippen molar-refractivity contribution in [1.29, 1.82) is 0 Å². The number of hydrogen-bond donors (Lipinski definition) is 3. The number of benzene rings is 1. The second kappa shape index (κ2) is 8.56. The average molecular weight is 431 g/mol. The maximum Gasteiger partial charge on any atom is 0.325 e. The standard InChI is InChI=1S/C22H30N4O5/c1-14-6-5-7-16(8-14)31-12-18(28)25-24-17(27)11-26-19(29)22(23-20(26)30)10-15(2)9-21(3,4)13-22/h5-8,15H,9-13H2,1-4H3,(H,23,30)(H,24,27)(H,25,28). The minimum Gasteiger partial charge on any atom is -0.484 e. The number of imide groups is 1. The van der Waals surface area contributed by atoms with Crippen LogP contribution < -0.4 is 20.9 Å². The van der Waals surface area contributed by atoms with Crippen LogP contribution in [0.3, 0.4) is 0 Å². The maximum atomic E-state index is 13.0. The van der Waals surface area contributed by atoms with E-state index in [-0.39, 0.29) is 23.8 Å². The number of carbonyl (C=O) groups excluding carboxylic acids is 4. The third kappa shape index (κ3) is 5.34. The van der Waals surface area contributed by atoms with Gasteiger partial charge >= 0.3 is 6.03 Å². The molecule has 1 aromatic rings. The molecule has 0 aromatic heterocycles. The Balaban J connectivity index is 1.50. The molecule has 0 radical (unpaired) electrons. The molecule has 1 spiro atoms. The van der Waals surface area contributed by atoms with Crippen LogP contribution >= 0.6 is 0 Å². The highest BCUT2D eigenvalue weighted by Crippen LogP contribution is 2.46. The van der Waals surface area contributed by atoms with Gasteiger partial charge in [0, 0.05) is 0 Å². The lowest BCUT2D eigenvalue weighted by Gasteiger charge is -2.43. The predicted molar refractivity (Wildman–Crippen MR) is 113 cm³/mol. The van der Waals surface area contributed by atoms with Gasteiger partial charge in [-0.1, -0.05) is 32.9 Å². The fourth-order valence-electron chi connectivity index (χ4n) is 4.86. The van der Waals surface area contributed by atoms with Crippen molar-refractivity contribution in [2.24, 2.45) is 11.3 Å². The first-order chi connectivity index (χ1) is 14.5. The molecule has 9 nitrogen and oxygen atoms in total. The van der Waals surface area contributed by atoms with Gasteiger partial charge in [-0.2, -0.15) is 0 Å². The number of rotatable bonds is 5. The van der Waals surface area contributed by atoms with Crippen molar-refractivity contribution in [3.63, 3.8) is 0 Å². The largest absolute Gasteiger partial charge is 0.484 e. The summed E-state index contributed by atoms with van der Waals surface area (Å²) < 4.78 is 5.36. The summed E-state index contributed by atoms with van der Waals surface area (Å²) in [7, 11) is 0. The molecule has 2 atom stereocenters. The number of aryl methyl sites for hydroxylation is 1. The molecule has 1 aromatic carbocycles. The van der Waals surface area contributed by atoms with Crippen LogP contribution in [0.15, 0.2) is 24.3 Å². The van der Waals surface area contributed by atoms with Gasteiger partial charge in [-0.05, 0) is 55.2 Å². The van der Waals surface area contributed by atoms with Crippen molar-refractivity contribution in [1.82, 2.24) is 21.1 Å². The lowest BCUT2D eigenvalue weighted by atomic mass is 9.64. The van der Waals surface area contributed by atoms with Crippen LogP contribution in [-0.2, 0) is 14.4 Å². The van der Waals surface area contributed by atoms with E-state index < -0.39 is 29.9 Å². The predicted octanol–water partition coefficient (Wildman–Crippen LogP) is 1.66. The SMILES string of the molecule is Cc1cccc(OCC(=O)NNC(=O)CN2C(=O)NC3(CC(C)CC(C)(C)C3)C2=O)c1. The zero-order valence-electron chi connectivity index (χ0n) is 18.4. The molecule has 31 heavy (non-hydrogen) atoms. The highest BCUT2D eigenvalue weighted by molar-refractivity contribution is 6.09. The molecule has 5 amide bonds. The molecule has 3 N–H and O–H groups in total. The second-order valence-corrected chi connectivity index (χ2v) is 9.46. The average Bonchev–Trinajstić information content (AvgIpc) is 2.86. The Labute approximate surface area is 181 Å². The zero-order chi connectivity index (χ0) is 22.8. The number of hydrazine groups is 1. The highest BCUT2D eigenvalue weighted by Gasteiger charge is 2.56. The van der Waals surface area contributed by atoms with Crippen LogP contribution in [0.1, 0.15) is 45.6 Å². The van der Waals surface area contributed by atoms with Gasteiger partial charge in [0.25, 0.3) is 17.7 Å². The smallest absolute Gasteiger partial charge is 0.325 e. The van der Waals surface area contributed by atoms with Crippen molar-refractivity contribution in [3.05, 3.63) is 29.8 Å². The molecular weight excluding hydrogens is 400 g/mol. The van der Waals surface area contributed by atoms with Gasteiger partial charge in [0.1, 0.15) is 17.8 Å². The van der Waals surface area contributed by atoms with Crippen LogP contribution in [0, 0.1) is 18.3 Å². The third-order valence-electron chi connectivity index (χ3n) is 5.63. The van der Waals surface area contributed by atoms with Crippen molar-refractivity contribution in [3.8, 4) is 5.75 Å². The van der Waals surface area contributed by atoms with Crippen LogP contribution in [-0.4, -0.2) is 47.3 Å². The number of carbonyl (C=O) groups is 4. The summed E-state index contributed by atoms with van der Waals surface area (Å²) in [5.74, 6) is -0.814. The van der Waals surface area contributed by atoms with Crippen molar-refractivity contribution < 1.29 is 23.9 Å². The third-order valence-corrected chi connectivity index (χ3v) is 5.63. The summed E-state index contributed by atoms with van der Waals surface area (Å²) >= 11 is 0. The van der Waals surface area contributed by atoms with Crippen molar-refractivity contribution in [2.75, 3.05) is 13.2 Å². The van der Waals surface area contributed by atoms with Crippen LogP contribution in [0.2, 0.25) is 0 Å². The molecule has 2 aliphatic rings. The second-order valence-electron chi connectivity index (χ2n) is 9.46. The topological polar surface area (TPSA) is 117 Å². The first-order valence-electron chi connectivity index (χ1n) is 10.4. The van der Waals surface area contributed by atoms with E-state index in [4.69, 9.17) is 4.74 Å². The summed E-state index contributed by atoms with van der Waals surface area (Å²) in [6.45, 7) is 7.36. The Morgan fingerprint density at radius 1 is 1.19 bits per heavy atom. The molecular formula is C22H30N4O5. The Morgan fingerprint density at radius 3 is 2.58 bits per heavy atom. The van der Waals surface area contributed by atoms with E-state index in [1.165, 1.54) is 0 Å². The molecule has 1 saturated carbocycles. The van der Waals surface area contributed by atoms with Crippen LogP contribution in [0.4, 0.5) is 4.79 Å². The molecule has 1 aliphatic heterocycles. The summed E-state index contributed by atoms with van der Waals surface area (Å²) in [5.41, 5.74) is 4.38. The van der Waals surface area contributed by atoms with Gasteiger partial charge in [0.15, 0.2) is 6.61 Å². The first kappa shape index (κ1) is 22.6. The van der Waals surface area contributed by atoms with Gasteiger partial charge in [0.05, 0.1) is 0 Å². The molecule has 1 aliphatic carbocycles. The van der Waals surface area contributed by atoms with E-state index in [1.807, 2.05) is 19.1 Å². The lowest BCUT2D eigenvalue weighted by Crippen LogP contribution is -2.54. The molecule has 1 saturated heterocycles. The summed E-state index contributed by atoms with van der Waals surface area (Å²) in [5, 5.41) is 2.82. The van der Waals surface area contributed by atoms with E-state index in [0.717, 1.165) is 16.9 Å². The first-order valence-corrected chi connectivity index (χ1v) is 10.4. The minimum absolute atomic E-state index is 0.0931. The van der Waals surface area contributed by atoms with E-state index in [9.17, 15) is 19.2 Å². The number of urea groups is 1. The van der Waals surface area contributed by atoms with E-state index in [1.54, 1.807) is 12.1 Å². The Morgan fingerprint density at radius 2 is 1.90 bits per heavy atom. The normalized spacial score (nSPS) is 24.6. The quantitative estimate of drug-likeness (QED) is 0.485. The van der Waals surface area contributed by atoms with Gasteiger partial charge in [0.2, 0.25) is 0 Å². The minimum atomic E-state index is -0.969. The molecule has 2 fully saturated rings. The number of ether oxygens (including phenoxy) is 1. The summed E-state index contributed by atoms with van der Waals surface area (Å²) in [6, 6.07) is 6.64. The van der Waals surface area contributed by atoms with E-state index in [0.29, 0.717) is 18.6 Å². The van der Waals surface area contributed by atoms with E-state index in [2.05, 4.69) is 36.9 Å². The number of hydrogen-bond acceptors (Lipinski definition) is 5. The van der Waals surface area contributed by atoms with Crippen molar-refractivity contribution in [2.45, 2.75) is 52.5 Å². The highest BCUT2D eigenvalue weighted by atomic mass is 16.5.